The molecule has 102 valence electrons. The van der Waals surface area contributed by atoms with Crippen molar-refractivity contribution in [3.63, 3.8) is 0 Å². The fourth-order valence-corrected chi connectivity index (χ4v) is 3.24. The van der Waals surface area contributed by atoms with Crippen LogP contribution in [0.25, 0.3) is 0 Å². The van der Waals surface area contributed by atoms with E-state index in [-0.39, 0.29) is 4.90 Å². The molecule has 1 rings (SSSR count). The number of methoxy groups -OCH3 is 1. The molecule has 18 heavy (non-hydrogen) atoms. The highest BCUT2D eigenvalue weighted by Crippen LogP contribution is 2.28. The van der Waals surface area contributed by atoms with Crippen LogP contribution in [0.4, 0.5) is 0 Å². The molecule has 0 unspecified atom stereocenters. The van der Waals surface area contributed by atoms with Crippen molar-refractivity contribution >= 4 is 10.0 Å². The van der Waals surface area contributed by atoms with Crippen LogP contribution in [0.2, 0.25) is 0 Å². The Balaban J connectivity index is 3.15. The van der Waals surface area contributed by atoms with Crippen molar-refractivity contribution in [2.24, 2.45) is 5.73 Å². The average Bonchev–Trinajstić information content (AvgIpc) is 2.27. The first-order valence-corrected chi connectivity index (χ1v) is 7.25. The minimum Gasteiger partial charge on any atom is -0.495 e. The number of aryl methyl sites for hydroxylation is 2. The van der Waals surface area contributed by atoms with Gasteiger partial charge in [-0.15, -0.1) is 0 Å². The van der Waals surface area contributed by atoms with E-state index < -0.39 is 10.0 Å². The van der Waals surface area contributed by atoms with Crippen LogP contribution < -0.4 is 15.2 Å². The highest BCUT2D eigenvalue weighted by Gasteiger charge is 2.21. The lowest BCUT2D eigenvalue weighted by molar-refractivity contribution is 0.401. The van der Waals surface area contributed by atoms with E-state index in [1.807, 2.05) is 13.0 Å². The van der Waals surface area contributed by atoms with Gasteiger partial charge in [-0.1, -0.05) is 6.07 Å². The van der Waals surface area contributed by atoms with E-state index in [0.29, 0.717) is 30.8 Å². The summed E-state index contributed by atoms with van der Waals surface area (Å²) in [5, 5.41) is 0. The van der Waals surface area contributed by atoms with Gasteiger partial charge in [0.1, 0.15) is 10.6 Å². The first-order chi connectivity index (χ1) is 8.42. The molecule has 0 radical (unpaired) electrons. The molecule has 0 saturated heterocycles. The summed E-state index contributed by atoms with van der Waals surface area (Å²) < 4.78 is 32.1. The summed E-state index contributed by atoms with van der Waals surface area (Å²) in [6, 6.07) is 3.53. The molecule has 3 N–H and O–H groups in total. The maximum atomic E-state index is 12.2. The standard InChI is InChI=1S/C12H20N2O3S/c1-9-7-10(2)12(11(8-9)17-3)18(15,16)14-6-4-5-13/h7-8,14H,4-6,13H2,1-3H3. The molecule has 0 amide bonds. The SMILES string of the molecule is COc1cc(C)cc(C)c1S(=O)(=O)NCCCN. The number of hydrogen-bond donors (Lipinski definition) is 2. The second kappa shape index (κ2) is 6.17. The van der Waals surface area contributed by atoms with Crippen LogP contribution in [-0.2, 0) is 10.0 Å². The third-order valence-corrected chi connectivity index (χ3v) is 4.19. The highest BCUT2D eigenvalue weighted by molar-refractivity contribution is 7.89. The van der Waals surface area contributed by atoms with E-state index in [1.54, 1.807) is 13.0 Å². The van der Waals surface area contributed by atoms with Crippen molar-refractivity contribution in [2.75, 3.05) is 20.2 Å². The van der Waals surface area contributed by atoms with Gasteiger partial charge in [-0.2, -0.15) is 0 Å². The van der Waals surface area contributed by atoms with Gasteiger partial charge in [-0.05, 0) is 44.0 Å². The van der Waals surface area contributed by atoms with Gasteiger partial charge < -0.3 is 10.5 Å². The fourth-order valence-electron chi connectivity index (χ4n) is 1.79. The van der Waals surface area contributed by atoms with Crippen molar-refractivity contribution in [1.29, 1.82) is 0 Å². The fraction of sp³-hybridized carbons (Fsp3) is 0.500. The topological polar surface area (TPSA) is 81.4 Å². The lowest BCUT2D eigenvalue weighted by atomic mass is 10.1. The summed E-state index contributed by atoms with van der Waals surface area (Å²) in [4.78, 5) is 0.202. The zero-order chi connectivity index (χ0) is 13.8. The van der Waals surface area contributed by atoms with Crippen LogP contribution in [0.3, 0.4) is 0 Å². The second-order valence-electron chi connectivity index (χ2n) is 4.15. The minimum absolute atomic E-state index is 0.202. The van der Waals surface area contributed by atoms with Gasteiger partial charge in [0.15, 0.2) is 0 Å². The van der Waals surface area contributed by atoms with Crippen molar-refractivity contribution in [1.82, 2.24) is 4.72 Å². The molecule has 0 saturated carbocycles. The molecule has 0 heterocycles. The molecule has 0 aromatic heterocycles. The summed E-state index contributed by atoms with van der Waals surface area (Å²) in [6.07, 6.45) is 0.604. The summed E-state index contributed by atoms with van der Waals surface area (Å²) in [5.41, 5.74) is 6.98. The molecule has 1 aromatic carbocycles. The third kappa shape index (κ3) is 3.44. The molecule has 0 bridgehead atoms. The van der Waals surface area contributed by atoms with Gasteiger partial charge in [-0.3, -0.25) is 0 Å². The Morgan fingerprint density at radius 1 is 1.33 bits per heavy atom. The molecular formula is C12H20N2O3S. The van der Waals surface area contributed by atoms with Gasteiger partial charge in [0.25, 0.3) is 0 Å². The van der Waals surface area contributed by atoms with Crippen LogP contribution in [0.1, 0.15) is 17.5 Å². The van der Waals surface area contributed by atoms with Gasteiger partial charge >= 0.3 is 0 Å². The predicted molar refractivity (Wildman–Crippen MR) is 71.3 cm³/mol. The molecule has 6 heteroatoms. The van der Waals surface area contributed by atoms with Gasteiger partial charge in [0, 0.05) is 6.54 Å². The zero-order valence-corrected chi connectivity index (χ0v) is 11.8. The summed E-state index contributed by atoms with van der Waals surface area (Å²) in [6.45, 7) is 4.43. The summed E-state index contributed by atoms with van der Waals surface area (Å²) in [7, 11) is -2.09. The largest absolute Gasteiger partial charge is 0.495 e. The Bertz CT molecular complexity index is 512. The molecule has 1 aromatic rings. The molecule has 0 aliphatic heterocycles. The monoisotopic (exact) mass is 272 g/mol. The lowest BCUT2D eigenvalue weighted by Gasteiger charge is -2.14. The Kier molecular flexibility index (Phi) is 5.13. The van der Waals surface area contributed by atoms with Crippen LogP contribution in [0, 0.1) is 13.8 Å². The van der Waals surface area contributed by atoms with E-state index in [2.05, 4.69) is 4.72 Å². The zero-order valence-electron chi connectivity index (χ0n) is 11.0. The van der Waals surface area contributed by atoms with Crippen molar-refractivity contribution in [2.45, 2.75) is 25.2 Å². The number of rotatable bonds is 6. The van der Waals surface area contributed by atoms with Crippen LogP contribution in [-0.4, -0.2) is 28.6 Å². The normalized spacial score (nSPS) is 11.6. The van der Waals surface area contributed by atoms with Gasteiger partial charge in [-0.25, -0.2) is 13.1 Å². The molecule has 0 atom stereocenters. The van der Waals surface area contributed by atoms with E-state index in [0.717, 1.165) is 5.56 Å². The lowest BCUT2D eigenvalue weighted by Crippen LogP contribution is -2.27. The number of benzene rings is 1. The molecule has 0 aliphatic carbocycles. The Morgan fingerprint density at radius 3 is 2.56 bits per heavy atom. The number of sulfonamides is 1. The van der Waals surface area contributed by atoms with Crippen molar-refractivity contribution < 1.29 is 13.2 Å². The minimum atomic E-state index is -3.55. The van der Waals surface area contributed by atoms with Crippen LogP contribution in [0.15, 0.2) is 17.0 Å². The number of ether oxygens (including phenoxy) is 1. The Hall–Kier alpha value is -1.11. The molecule has 0 spiro atoms. The Morgan fingerprint density at radius 2 is 2.00 bits per heavy atom. The van der Waals surface area contributed by atoms with Crippen molar-refractivity contribution in [3.05, 3.63) is 23.3 Å². The summed E-state index contributed by atoms with van der Waals surface area (Å²) >= 11 is 0. The first-order valence-electron chi connectivity index (χ1n) is 5.77. The predicted octanol–water partition coefficient (Wildman–Crippen LogP) is 0.939. The quantitative estimate of drug-likeness (QED) is 0.755. The number of hydrogen-bond acceptors (Lipinski definition) is 4. The number of nitrogens with two attached hydrogens (primary N) is 1. The molecule has 5 nitrogen and oxygen atoms in total. The first kappa shape index (κ1) is 14.9. The molecule has 0 aliphatic rings. The number of nitrogens with one attached hydrogen (secondary N) is 1. The van der Waals surface area contributed by atoms with Crippen LogP contribution in [0.5, 0.6) is 5.75 Å². The average molecular weight is 272 g/mol. The molecular weight excluding hydrogens is 252 g/mol. The smallest absolute Gasteiger partial charge is 0.244 e. The maximum absolute atomic E-state index is 12.2. The Labute approximate surface area is 108 Å². The second-order valence-corrected chi connectivity index (χ2v) is 5.86. The summed E-state index contributed by atoms with van der Waals surface area (Å²) in [5.74, 6) is 0.368. The van der Waals surface area contributed by atoms with Gasteiger partial charge in [0.2, 0.25) is 10.0 Å². The van der Waals surface area contributed by atoms with Crippen molar-refractivity contribution in [3.8, 4) is 5.75 Å². The van der Waals surface area contributed by atoms with E-state index in [1.165, 1.54) is 7.11 Å². The van der Waals surface area contributed by atoms with E-state index >= 15 is 0 Å². The van der Waals surface area contributed by atoms with Gasteiger partial charge in [0.05, 0.1) is 7.11 Å². The van der Waals surface area contributed by atoms with E-state index in [9.17, 15) is 8.42 Å². The van der Waals surface area contributed by atoms with E-state index in [4.69, 9.17) is 10.5 Å². The molecule has 0 fully saturated rings. The maximum Gasteiger partial charge on any atom is 0.244 e. The third-order valence-electron chi connectivity index (χ3n) is 2.55. The van der Waals surface area contributed by atoms with Crippen LogP contribution >= 0.6 is 0 Å². The highest BCUT2D eigenvalue weighted by atomic mass is 32.2.